The van der Waals surface area contributed by atoms with Gasteiger partial charge in [0, 0.05) is 6.04 Å². The average molecular weight is 235 g/mol. The molecule has 2 unspecified atom stereocenters. The monoisotopic (exact) mass is 235 g/mol. The molecule has 0 aromatic heterocycles. The van der Waals surface area contributed by atoms with Gasteiger partial charge >= 0.3 is 5.97 Å². The zero-order valence-corrected chi connectivity index (χ0v) is 10.7. The topological polar surface area (TPSA) is 52.3 Å². The number of hydrogen-bond acceptors (Lipinski definition) is 3. The Morgan fingerprint density at radius 3 is 2.35 bits per heavy atom. The fourth-order valence-electron chi connectivity index (χ4n) is 1.39. The highest BCUT2D eigenvalue weighted by atomic mass is 16.5. The van der Waals surface area contributed by atoms with Crippen LogP contribution in [0.5, 0.6) is 0 Å². The molecule has 1 aromatic carbocycles. The summed E-state index contributed by atoms with van der Waals surface area (Å²) in [7, 11) is 0. The van der Waals surface area contributed by atoms with Crippen molar-refractivity contribution in [3.05, 3.63) is 35.9 Å². The van der Waals surface area contributed by atoms with E-state index in [-0.39, 0.29) is 24.5 Å². The average Bonchev–Trinajstić information content (AvgIpc) is 2.29. The molecule has 0 aliphatic heterocycles. The Morgan fingerprint density at radius 2 is 1.82 bits per heavy atom. The largest absolute Gasteiger partial charge is 0.462 e. The Morgan fingerprint density at radius 1 is 1.24 bits per heavy atom. The Bertz CT molecular complexity index is 348. The van der Waals surface area contributed by atoms with Crippen molar-refractivity contribution in [2.45, 2.75) is 39.3 Å². The van der Waals surface area contributed by atoms with Crippen LogP contribution in [-0.2, 0) is 9.53 Å². The number of benzene rings is 1. The lowest BCUT2D eigenvalue weighted by atomic mass is 10.0. The first-order valence-electron chi connectivity index (χ1n) is 6.00. The predicted octanol–water partition coefficient (Wildman–Crippen LogP) is 2.66. The molecule has 0 spiro atoms. The lowest BCUT2D eigenvalue weighted by Gasteiger charge is -2.18. The van der Waals surface area contributed by atoms with Gasteiger partial charge in [0.05, 0.1) is 6.42 Å². The van der Waals surface area contributed by atoms with Crippen molar-refractivity contribution in [1.82, 2.24) is 0 Å². The van der Waals surface area contributed by atoms with Crippen molar-refractivity contribution in [2.24, 2.45) is 11.7 Å². The van der Waals surface area contributed by atoms with Crippen LogP contribution in [0.2, 0.25) is 0 Å². The molecule has 0 saturated carbocycles. The first-order valence-corrected chi connectivity index (χ1v) is 6.00. The van der Waals surface area contributed by atoms with Crippen molar-refractivity contribution < 1.29 is 9.53 Å². The van der Waals surface area contributed by atoms with Crippen molar-refractivity contribution in [1.29, 1.82) is 0 Å². The Kier molecular flexibility index (Phi) is 5.16. The molecule has 0 heterocycles. The first-order chi connectivity index (χ1) is 8.00. The molecule has 0 amide bonds. The second-order valence-electron chi connectivity index (χ2n) is 4.66. The van der Waals surface area contributed by atoms with Crippen LogP contribution in [0.25, 0.3) is 0 Å². The van der Waals surface area contributed by atoms with Crippen LogP contribution in [0.3, 0.4) is 0 Å². The summed E-state index contributed by atoms with van der Waals surface area (Å²) in [4.78, 5) is 11.6. The number of nitrogens with two attached hydrogens (primary N) is 1. The first kappa shape index (κ1) is 13.7. The summed E-state index contributed by atoms with van der Waals surface area (Å²) in [5.74, 6) is 0.0921. The highest BCUT2D eigenvalue weighted by Gasteiger charge is 2.16. The van der Waals surface area contributed by atoms with Crippen LogP contribution >= 0.6 is 0 Å². The van der Waals surface area contributed by atoms with Gasteiger partial charge < -0.3 is 10.5 Å². The normalized spacial score (nSPS) is 14.4. The minimum absolute atomic E-state index is 0.0644. The van der Waals surface area contributed by atoms with Crippen LogP contribution in [0.4, 0.5) is 0 Å². The highest BCUT2D eigenvalue weighted by molar-refractivity contribution is 5.70. The summed E-state index contributed by atoms with van der Waals surface area (Å²) >= 11 is 0. The van der Waals surface area contributed by atoms with E-state index in [1.54, 1.807) is 0 Å². The maximum atomic E-state index is 11.6. The third-order valence-corrected chi connectivity index (χ3v) is 2.87. The van der Waals surface area contributed by atoms with Gasteiger partial charge in [-0.15, -0.1) is 0 Å². The van der Waals surface area contributed by atoms with Gasteiger partial charge in [-0.25, -0.2) is 0 Å². The number of hydrogen-bond donors (Lipinski definition) is 1. The van der Waals surface area contributed by atoms with Gasteiger partial charge in [-0.1, -0.05) is 44.2 Å². The number of esters is 1. The van der Waals surface area contributed by atoms with Crippen LogP contribution in [-0.4, -0.2) is 12.1 Å². The number of carbonyl (C=O) groups excluding carboxylic acids is 1. The molecule has 3 heteroatoms. The Labute approximate surface area is 103 Å². The van der Waals surface area contributed by atoms with E-state index in [9.17, 15) is 4.79 Å². The Hall–Kier alpha value is -1.35. The van der Waals surface area contributed by atoms with Gasteiger partial charge in [-0.2, -0.15) is 0 Å². The zero-order chi connectivity index (χ0) is 12.8. The maximum absolute atomic E-state index is 11.6. The molecule has 94 valence electrons. The van der Waals surface area contributed by atoms with Gasteiger partial charge in [0.15, 0.2) is 0 Å². The molecule has 0 bridgehead atoms. The summed E-state index contributed by atoms with van der Waals surface area (Å²) < 4.78 is 5.28. The van der Waals surface area contributed by atoms with Gasteiger partial charge in [0.25, 0.3) is 0 Å². The standard InChI is InChI=1S/C14H21NO2/c1-10(2)11(3)17-14(16)9-13(15)12-7-5-4-6-8-12/h4-8,10-11,13H,9,15H2,1-3H3. The molecule has 0 aliphatic carbocycles. The van der Waals surface area contributed by atoms with E-state index in [1.165, 1.54) is 0 Å². The third-order valence-electron chi connectivity index (χ3n) is 2.87. The van der Waals surface area contributed by atoms with Crippen molar-refractivity contribution in [3.8, 4) is 0 Å². The quantitative estimate of drug-likeness (QED) is 0.798. The maximum Gasteiger partial charge on any atom is 0.307 e. The van der Waals surface area contributed by atoms with Gasteiger partial charge in [0.1, 0.15) is 6.10 Å². The number of rotatable bonds is 5. The van der Waals surface area contributed by atoms with Crippen molar-refractivity contribution in [3.63, 3.8) is 0 Å². The molecular weight excluding hydrogens is 214 g/mol. The summed E-state index contributed by atoms with van der Waals surface area (Å²) in [5.41, 5.74) is 6.91. The van der Waals surface area contributed by atoms with Crippen LogP contribution in [0.1, 0.15) is 38.8 Å². The van der Waals surface area contributed by atoms with Crippen LogP contribution in [0.15, 0.2) is 30.3 Å². The smallest absolute Gasteiger partial charge is 0.307 e. The van der Waals surface area contributed by atoms with E-state index in [0.29, 0.717) is 5.92 Å². The van der Waals surface area contributed by atoms with Gasteiger partial charge in [0.2, 0.25) is 0 Å². The molecule has 0 saturated heterocycles. The predicted molar refractivity (Wildman–Crippen MR) is 68.4 cm³/mol. The lowest BCUT2D eigenvalue weighted by molar-refractivity contribution is -0.150. The third kappa shape index (κ3) is 4.57. The number of ether oxygens (including phenoxy) is 1. The Balaban J connectivity index is 2.47. The number of carbonyl (C=O) groups is 1. The van der Waals surface area contributed by atoms with Crippen LogP contribution < -0.4 is 5.73 Å². The van der Waals surface area contributed by atoms with E-state index in [4.69, 9.17) is 10.5 Å². The molecule has 1 rings (SSSR count). The van der Waals surface area contributed by atoms with E-state index < -0.39 is 0 Å². The van der Waals surface area contributed by atoms with Crippen molar-refractivity contribution in [2.75, 3.05) is 0 Å². The molecule has 0 radical (unpaired) electrons. The molecule has 2 N–H and O–H groups in total. The lowest BCUT2D eigenvalue weighted by Crippen LogP contribution is -2.23. The highest BCUT2D eigenvalue weighted by Crippen LogP contribution is 2.15. The molecule has 0 fully saturated rings. The molecule has 17 heavy (non-hydrogen) atoms. The van der Waals surface area contributed by atoms with E-state index in [0.717, 1.165) is 5.56 Å². The second-order valence-corrected chi connectivity index (χ2v) is 4.66. The van der Waals surface area contributed by atoms with E-state index >= 15 is 0 Å². The summed E-state index contributed by atoms with van der Waals surface area (Å²) in [6.07, 6.45) is 0.159. The minimum Gasteiger partial charge on any atom is -0.462 e. The molecule has 0 aliphatic rings. The van der Waals surface area contributed by atoms with Gasteiger partial charge in [-0.05, 0) is 18.4 Å². The van der Waals surface area contributed by atoms with Crippen molar-refractivity contribution >= 4 is 5.97 Å². The fourth-order valence-corrected chi connectivity index (χ4v) is 1.39. The summed E-state index contributed by atoms with van der Waals surface area (Å²) in [5, 5.41) is 0. The fraction of sp³-hybridized carbons (Fsp3) is 0.500. The SMILES string of the molecule is CC(C)C(C)OC(=O)CC(N)c1ccccc1. The second kappa shape index (κ2) is 6.40. The summed E-state index contributed by atoms with van der Waals surface area (Å²) in [6.45, 7) is 5.95. The molecular formula is C14H21NO2. The van der Waals surface area contributed by atoms with E-state index in [1.807, 2.05) is 51.1 Å². The van der Waals surface area contributed by atoms with E-state index in [2.05, 4.69) is 0 Å². The van der Waals surface area contributed by atoms with Gasteiger partial charge in [-0.3, -0.25) is 4.79 Å². The van der Waals surface area contributed by atoms with Crippen LogP contribution in [0, 0.1) is 5.92 Å². The molecule has 2 atom stereocenters. The molecule has 3 nitrogen and oxygen atoms in total. The zero-order valence-electron chi connectivity index (χ0n) is 10.7. The molecule has 1 aromatic rings. The summed E-state index contributed by atoms with van der Waals surface area (Å²) in [6, 6.07) is 9.31. The minimum atomic E-state index is -0.289.